The molecule has 0 atom stereocenters. The van der Waals surface area contributed by atoms with Crippen molar-refractivity contribution in [3.05, 3.63) is 129 Å². The molecule has 0 spiro atoms. The van der Waals surface area contributed by atoms with Crippen LogP contribution in [0.5, 0.6) is 0 Å². The smallest absolute Gasteiger partial charge is 0.228 e. The van der Waals surface area contributed by atoms with Crippen molar-refractivity contribution in [3.63, 3.8) is 0 Å². The highest BCUT2D eigenvalue weighted by molar-refractivity contribution is 5.71. The number of piperazine rings is 3. The van der Waals surface area contributed by atoms with E-state index >= 15 is 0 Å². The molecule has 0 radical (unpaired) electrons. The standard InChI is InChI=1S/C71H90N24/c1-9-89-32-34-90(35-33-89)42-47-10-20-58(74-37-47)83-69-76-39-50-12-16-55-66(63(50)86-69)94(44(4)5)60(81-55)22-14-48-36-52(91-28-24-72-25-29-91)41-75-68(48)88-71-78-40-51-13-17-56-67(64(51)87-71)95(45(6)7)61(82-56)23-18-53-57(92-30-26-73-27-31-92)19-21-59(80-53)84-70-77-38-49-11-15-54-65(62(49)85-70)93(43(2)3)46(8)79-54/h10,19-21,36-41,43-45,72-73H,9,11-18,22-35,42H2,1-8H3,(H,74,76,83,86)(H,75,78,87,88)(H,77,80,84,85). The summed E-state index contributed by atoms with van der Waals surface area (Å²) in [6, 6.07) is 11.3. The molecule has 6 aliphatic rings. The van der Waals surface area contributed by atoms with Crippen molar-refractivity contribution in [1.82, 2.24) is 93.9 Å². The average molecular weight is 1280 g/mol. The fraction of sp³-hybridized carbons (Fsp3) is 0.493. The van der Waals surface area contributed by atoms with Gasteiger partial charge in [0.25, 0.3) is 0 Å². The first-order valence-corrected chi connectivity index (χ1v) is 34.8. The summed E-state index contributed by atoms with van der Waals surface area (Å²) in [5.74, 6) is 6.79. The minimum atomic E-state index is 0.113. The van der Waals surface area contributed by atoms with Crippen LogP contribution < -0.4 is 36.4 Å². The Bertz CT molecular complexity index is 4250. The minimum Gasteiger partial charge on any atom is -0.368 e. The lowest BCUT2D eigenvalue weighted by Crippen LogP contribution is -2.45. The first kappa shape index (κ1) is 62.3. The largest absolute Gasteiger partial charge is 0.368 e. The second-order valence-electron chi connectivity index (χ2n) is 27.2. The quantitative estimate of drug-likeness (QED) is 0.0478. The van der Waals surface area contributed by atoms with Crippen molar-refractivity contribution in [2.45, 2.75) is 144 Å². The zero-order valence-electron chi connectivity index (χ0n) is 56.5. The van der Waals surface area contributed by atoms with Crippen LogP contribution in [-0.2, 0) is 70.8 Å². The van der Waals surface area contributed by atoms with E-state index in [1.807, 2.05) is 37.1 Å². The van der Waals surface area contributed by atoms with Gasteiger partial charge in [0, 0.05) is 141 Å². The maximum Gasteiger partial charge on any atom is 0.228 e. The van der Waals surface area contributed by atoms with Gasteiger partial charge in [-0.3, -0.25) is 4.90 Å². The van der Waals surface area contributed by atoms with Crippen molar-refractivity contribution in [1.29, 1.82) is 0 Å². The van der Waals surface area contributed by atoms with E-state index in [9.17, 15) is 0 Å². The number of anilines is 8. The van der Waals surface area contributed by atoms with Gasteiger partial charge in [-0.1, -0.05) is 13.0 Å². The number of hydrogen-bond acceptors (Lipinski definition) is 21. The third-order valence-corrected chi connectivity index (χ3v) is 19.9. The molecule has 0 unspecified atom stereocenters. The number of hydrogen-bond donors (Lipinski definition) is 5. The van der Waals surface area contributed by atoms with E-state index in [4.69, 9.17) is 59.8 Å². The van der Waals surface area contributed by atoms with E-state index in [2.05, 4.69) is 140 Å². The maximum atomic E-state index is 5.48. The molecule has 3 fully saturated rings. The summed E-state index contributed by atoms with van der Waals surface area (Å²) < 4.78 is 7.11. The van der Waals surface area contributed by atoms with Gasteiger partial charge in [-0.15, -0.1) is 0 Å². The summed E-state index contributed by atoms with van der Waals surface area (Å²) in [5, 5.41) is 17.7. The first-order valence-electron chi connectivity index (χ1n) is 34.8. The Hall–Kier alpha value is -8.84. The van der Waals surface area contributed by atoms with Crippen LogP contribution in [0.25, 0.3) is 34.2 Å². The molecular weight excluding hydrogens is 1190 g/mol. The zero-order chi connectivity index (χ0) is 64.8. The predicted molar refractivity (Wildman–Crippen MR) is 373 cm³/mol. The molecular formula is C71H90N24. The lowest BCUT2D eigenvalue weighted by atomic mass is 9.97. The van der Waals surface area contributed by atoms with E-state index in [1.54, 1.807) is 0 Å². The molecule has 0 saturated carbocycles. The molecule has 0 aromatic carbocycles. The lowest BCUT2D eigenvalue weighted by Gasteiger charge is -2.33. The highest BCUT2D eigenvalue weighted by Gasteiger charge is 2.32. The molecule has 24 heteroatoms. The molecule has 5 N–H and O–H groups in total. The SMILES string of the molecule is CCN1CCN(Cc2ccc(Nc3ncc4c(n3)-c3c(nc(CCc5cc(N6CCNCC6)cnc5Nc5ncc6c(n5)-c5c(nc(CCc7nc(Nc8ncc9c(n8)-c8c(nc(C)n8C(C)C)CC9)ccc7N7CCNCC7)n5C(C)C)CC6)n3C(C)C)CC4)nc2)CC1. The molecule has 15 rings (SSSR count). The van der Waals surface area contributed by atoms with Gasteiger partial charge in [-0.25, -0.2) is 59.8 Å². The van der Waals surface area contributed by atoms with Crippen LogP contribution in [-0.4, -0.2) is 168 Å². The molecule has 95 heavy (non-hydrogen) atoms. The number of pyridine rings is 3. The number of aryl methyl sites for hydroxylation is 11. The number of aromatic nitrogens is 15. The monoisotopic (exact) mass is 1280 g/mol. The van der Waals surface area contributed by atoms with Gasteiger partial charge in [0.15, 0.2) is 0 Å². The summed E-state index contributed by atoms with van der Waals surface area (Å²) in [6.45, 7) is 31.4. The number of imidazole rings is 3. The highest BCUT2D eigenvalue weighted by atomic mass is 15.3. The Balaban J connectivity index is 0.684. The van der Waals surface area contributed by atoms with Gasteiger partial charge in [0.05, 0.1) is 74.5 Å². The van der Waals surface area contributed by atoms with Crippen LogP contribution in [0.4, 0.5) is 46.7 Å². The number of likely N-dealkylation sites (N-methyl/N-ethyl adjacent to an activating group) is 1. The zero-order valence-corrected chi connectivity index (χ0v) is 56.5. The Labute approximate surface area is 556 Å². The molecule has 3 aliphatic carbocycles. The van der Waals surface area contributed by atoms with Crippen molar-refractivity contribution in [2.75, 3.05) is 111 Å². The van der Waals surface area contributed by atoms with Gasteiger partial charge in [0.1, 0.15) is 34.9 Å². The summed E-state index contributed by atoms with van der Waals surface area (Å²) in [5.41, 5.74) is 18.2. The molecule has 12 heterocycles. The first-order chi connectivity index (χ1) is 46.4. The summed E-state index contributed by atoms with van der Waals surface area (Å²) in [7, 11) is 0. The van der Waals surface area contributed by atoms with Crippen LogP contribution in [0.15, 0.2) is 61.3 Å². The number of fused-ring (bicyclic) bond motifs is 9. The second kappa shape index (κ2) is 26.8. The highest BCUT2D eigenvalue weighted by Crippen LogP contribution is 2.40. The number of nitrogens with one attached hydrogen (secondary N) is 5. The van der Waals surface area contributed by atoms with Crippen molar-refractivity contribution in [2.24, 2.45) is 0 Å². The Morgan fingerprint density at radius 1 is 0.463 bits per heavy atom. The van der Waals surface area contributed by atoms with Gasteiger partial charge in [0.2, 0.25) is 17.8 Å². The van der Waals surface area contributed by atoms with Crippen molar-refractivity contribution >= 4 is 46.7 Å². The molecule has 0 amide bonds. The Morgan fingerprint density at radius 3 is 1.54 bits per heavy atom. The van der Waals surface area contributed by atoms with E-state index in [-0.39, 0.29) is 18.1 Å². The van der Waals surface area contributed by atoms with Crippen molar-refractivity contribution in [3.8, 4) is 34.2 Å². The summed E-state index contributed by atoms with van der Waals surface area (Å²) in [4.78, 5) is 71.6. The van der Waals surface area contributed by atoms with Crippen LogP contribution in [0.1, 0.15) is 135 Å². The van der Waals surface area contributed by atoms with Crippen molar-refractivity contribution < 1.29 is 0 Å². The molecule has 9 aromatic heterocycles. The molecule has 24 nitrogen and oxygen atoms in total. The van der Waals surface area contributed by atoms with Crippen LogP contribution in [0.3, 0.4) is 0 Å². The molecule has 3 saturated heterocycles. The molecule has 3 aliphatic heterocycles. The summed E-state index contributed by atoms with van der Waals surface area (Å²) >= 11 is 0. The third kappa shape index (κ3) is 12.7. The fourth-order valence-electron chi connectivity index (χ4n) is 15.1. The maximum absolute atomic E-state index is 5.48. The predicted octanol–water partition coefficient (Wildman–Crippen LogP) is 8.94. The minimum absolute atomic E-state index is 0.113. The number of nitrogens with zero attached hydrogens (tertiary/aromatic N) is 19. The average Bonchev–Trinajstić information content (AvgIpc) is 1.69. The molecule has 494 valence electrons. The second-order valence-corrected chi connectivity index (χ2v) is 27.2. The van der Waals surface area contributed by atoms with E-state index in [1.165, 1.54) is 5.56 Å². The van der Waals surface area contributed by atoms with Gasteiger partial charge in [-0.2, -0.15) is 0 Å². The normalized spacial score (nSPS) is 16.4. The van der Waals surface area contributed by atoms with E-state index in [0.29, 0.717) is 49.3 Å². The van der Waals surface area contributed by atoms with Crippen LogP contribution >= 0.6 is 0 Å². The summed E-state index contributed by atoms with van der Waals surface area (Å²) in [6.07, 6.45) is 17.7. The van der Waals surface area contributed by atoms with Gasteiger partial charge < -0.3 is 55.0 Å². The van der Waals surface area contributed by atoms with Gasteiger partial charge >= 0.3 is 0 Å². The topological polar surface area (TPSA) is 243 Å². The Kier molecular flexibility index (Phi) is 17.5. The van der Waals surface area contributed by atoms with E-state index < -0.39 is 0 Å². The number of rotatable bonds is 20. The van der Waals surface area contributed by atoms with Crippen LogP contribution in [0.2, 0.25) is 0 Å². The lowest BCUT2D eigenvalue weighted by molar-refractivity contribution is 0.132. The molecule has 0 bridgehead atoms. The van der Waals surface area contributed by atoms with Crippen LogP contribution in [0, 0.1) is 6.92 Å². The van der Waals surface area contributed by atoms with Gasteiger partial charge in [-0.05, 0) is 158 Å². The Morgan fingerprint density at radius 2 is 0.979 bits per heavy atom. The fourth-order valence-corrected chi connectivity index (χ4v) is 15.1. The molecule has 9 aromatic rings. The third-order valence-electron chi connectivity index (χ3n) is 19.9. The van der Waals surface area contributed by atoms with E-state index in [0.717, 1.165) is 250 Å².